The van der Waals surface area contributed by atoms with Gasteiger partial charge in [0.15, 0.2) is 0 Å². The summed E-state index contributed by atoms with van der Waals surface area (Å²) in [6.45, 7) is 11.1. The van der Waals surface area contributed by atoms with Gasteiger partial charge in [-0.25, -0.2) is 23.5 Å². The number of carbonyl (C=O) groups is 3. The van der Waals surface area contributed by atoms with E-state index in [9.17, 15) is 18.8 Å². The average Bonchev–Trinajstić information content (AvgIpc) is 3.31. The van der Waals surface area contributed by atoms with E-state index < -0.39 is 29.2 Å². The Kier molecular flexibility index (Phi) is 9.71. The summed E-state index contributed by atoms with van der Waals surface area (Å²) in [4.78, 5) is 45.6. The molecule has 0 saturated carbocycles. The highest BCUT2D eigenvalue weighted by molar-refractivity contribution is 5.94. The lowest BCUT2D eigenvalue weighted by atomic mass is 10.1. The Morgan fingerprint density at radius 2 is 1.57 bits per heavy atom. The van der Waals surface area contributed by atoms with E-state index in [4.69, 9.17) is 9.47 Å². The van der Waals surface area contributed by atoms with E-state index in [0.717, 1.165) is 0 Å². The minimum Gasteiger partial charge on any atom is -0.444 e. The van der Waals surface area contributed by atoms with E-state index in [2.05, 4.69) is 10.3 Å². The molecule has 44 heavy (non-hydrogen) atoms. The van der Waals surface area contributed by atoms with Crippen LogP contribution in [0, 0.1) is 5.82 Å². The molecule has 0 radical (unpaired) electrons. The van der Waals surface area contributed by atoms with Crippen molar-refractivity contribution in [2.75, 3.05) is 6.54 Å². The molecule has 0 aliphatic heterocycles. The van der Waals surface area contributed by atoms with Crippen LogP contribution in [0.4, 0.5) is 14.0 Å². The predicted molar refractivity (Wildman–Crippen MR) is 166 cm³/mol. The van der Waals surface area contributed by atoms with Gasteiger partial charge in [-0.2, -0.15) is 0 Å². The lowest BCUT2D eigenvalue weighted by molar-refractivity contribution is 0.0235. The molecule has 232 valence electrons. The molecule has 0 aliphatic carbocycles. The molecule has 0 atom stereocenters. The average molecular weight is 603 g/mol. The van der Waals surface area contributed by atoms with Crippen LogP contribution in [0.3, 0.4) is 0 Å². The Morgan fingerprint density at radius 3 is 2.27 bits per heavy atom. The quantitative estimate of drug-likeness (QED) is 0.236. The number of aromatic nitrogens is 2. The second-order valence-electron chi connectivity index (χ2n) is 12.5. The number of halogens is 1. The van der Waals surface area contributed by atoms with Gasteiger partial charge in [-0.05, 0) is 77.4 Å². The number of benzene rings is 3. The summed E-state index contributed by atoms with van der Waals surface area (Å²) in [7, 11) is 0. The number of imidazole rings is 1. The van der Waals surface area contributed by atoms with Crippen LogP contribution < -0.4 is 5.32 Å². The first-order valence-electron chi connectivity index (χ1n) is 14.5. The van der Waals surface area contributed by atoms with Crippen LogP contribution in [-0.2, 0) is 29.0 Å². The van der Waals surface area contributed by atoms with Crippen molar-refractivity contribution in [3.63, 3.8) is 0 Å². The third-order valence-corrected chi connectivity index (χ3v) is 6.42. The number of para-hydroxylation sites is 2. The largest absolute Gasteiger partial charge is 0.444 e. The van der Waals surface area contributed by atoms with Gasteiger partial charge in [0.1, 0.15) is 22.8 Å². The molecule has 1 heterocycles. The van der Waals surface area contributed by atoms with Crippen LogP contribution in [0.2, 0.25) is 0 Å². The molecule has 4 rings (SSSR count). The van der Waals surface area contributed by atoms with Crippen molar-refractivity contribution in [2.24, 2.45) is 0 Å². The molecule has 0 unspecified atom stereocenters. The van der Waals surface area contributed by atoms with Crippen molar-refractivity contribution >= 4 is 29.1 Å². The molecule has 0 aliphatic rings. The minimum absolute atomic E-state index is 0.0401. The fraction of sp³-hybridized carbons (Fsp3) is 0.353. The first-order valence-corrected chi connectivity index (χ1v) is 14.5. The molecule has 0 saturated heterocycles. The number of fused-ring (bicyclic) bond motifs is 1. The van der Waals surface area contributed by atoms with Crippen molar-refractivity contribution in [3.8, 4) is 0 Å². The lowest BCUT2D eigenvalue weighted by Gasteiger charge is -2.27. The van der Waals surface area contributed by atoms with Gasteiger partial charge < -0.3 is 19.7 Å². The highest BCUT2D eigenvalue weighted by Crippen LogP contribution is 2.21. The highest BCUT2D eigenvalue weighted by atomic mass is 19.1. The van der Waals surface area contributed by atoms with Gasteiger partial charge in [0, 0.05) is 37.2 Å². The molecule has 0 spiro atoms. The topological polar surface area (TPSA) is 103 Å². The summed E-state index contributed by atoms with van der Waals surface area (Å²) in [5.74, 6) is -0.324. The summed E-state index contributed by atoms with van der Waals surface area (Å²) in [5.41, 5.74) is 1.22. The third kappa shape index (κ3) is 8.65. The first-order chi connectivity index (χ1) is 20.7. The van der Waals surface area contributed by atoms with Crippen molar-refractivity contribution in [2.45, 2.75) is 72.3 Å². The maximum atomic E-state index is 14.0. The molecule has 9 nitrogen and oxygen atoms in total. The van der Waals surface area contributed by atoms with Crippen LogP contribution in [-0.4, -0.2) is 50.3 Å². The zero-order valence-electron chi connectivity index (χ0n) is 26.0. The normalized spacial score (nSPS) is 11.7. The van der Waals surface area contributed by atoms with Gasteiger partial charge in [0.2, 0.25) is 0 Å². The van der Waals surface area contributed by atoms with Gasteiger partial charge in [-0.1, -0.05) is 42.5 Å². The third-order valence-electron chi connectivity index (χ3n) is 6.42. The zero-order valence-corrected chi connectivity index (χ0v) is 26.0. The monoisotopic (exact) mass is 602 g/mol. The van der Waals surface area contributed by atoms with Gasteiger partial charge in [-0.15, -0.1) is 0 Å². The SMILES string of the molecule is CC(C)(C)OC(=O)N(CCc1nc2ccccc2n1C(=O)OC(C)(C)C)Cc1cccc(C(=O)NCc2ccccc2F)c1. The summed E-state index contributed by atoms with van der Waals surface area (Å²) >= 11 is 0. The smallest absolute Gasteiger partial charge is 0.420 e. The molecule has 1 N–H and O–H groups in total. The van der Waals surface area contributed by atoms with Crippen molar-refractivity contribution in [3.05, 3.63) is 101 Å². The van der Waals surface area contributed by atoms with E-state index in [1.807, 2.05) is 18.2 Å². The number of nitrogens with zero attached hydrogens (tertiary/aromatic N) is 3. The van der Waals surface area contributed by atoms with Gasteiger partial charge in [-0.3, -0.25) is 4.79 Å². The van der Waals surface area contributed by atoms with E-state index in [0.29, 0.717) is 33.5 Å². The van der Waals surface area contributed by atoms with Crippen LogP contribution >= 0.6 is 0 Å². The molecule has 4 aromatic rings. The van der Waals surface area contributed by atoms with E-state index in [1.54, 1.807) is 90.1 Å². The molecular weight excluding hydrogens is 563 g/mol. The van der Waals surface area contributed by atoms with Gasteiger partial charge in [0.25, 0.3) is 5.91 Å². The Morgan fingerprint density at radius 1 is 0.886 bits per heavy atom. The van der Waals surface area contributed by atoms with E-state index in [-0.39, 0.29) is 32.0 Å². The van der Waals surface area contributed by atoms with Gasteiger partial charge >= 0.3 is 12.2 Å². The second-order valence-corrected chi connectivity index (χ2v) is 12.5. The number of nitrogens with one attached hydrogen (secondary N) is 1. The highest BCUT2D eigenvalue weighted by Gasteiger charge is 2.26. The summed E-state index contributed by atoms with van der Waals surface area (Å²) in [5, 5.41) is 2.74. The molecule has 1 aromatic heterocycles. The molecule has 0 fully saturated rings. The number of hydrogen-bond acceptors (Lipinski definition) is 6. The Balaban J connectivity index is 1.55. The first kappa shape index (κ1) is 32.2. The Hall–Kier alpha value is -4.73. The molecular formula is C34H39FN4O5. The maximum absolute atomic E-state index is 14.0. The van der Waals surface area contributed by atoms with Crippen LogP contribution in [0.15, 0.2) is 72.8 Å². The standard InChI is InChI=1S/C34H39FN4O5/c1-33(2,3)43-31(41)38(19-18-29-37-27-16-9-10-17-28(27)39(29)32(42)44-34(4,5)6)22-23-12-11-14-24(20-23)30(40)36-21-25-13-7-8-15-26(25)35/h7-17,20H,18-19,21-22H2,1-6H3,(H,36,40). The second kappa shape index (κ2) is 13.3. The Bertz CT molecular complexity index is 1650. The number of hydrogen-bond donors (Lipinski definition) is 1. The molecule has 10 heteroatoms. The zero-order chi connectivity index (χ0) is 32.1. The number of carbonyl (C=O) groups excluding carboxylic acids is 3. The molecule has 2 amide bonds. The van der Waals surface area contributed by atoms with Crippen molar-refractivity contribution in [1.82, 2.24) is 19.8 Å². The lowest BCUT2D eigenvalue weighted by Crippen LogP contribution is -2.38. The summed E-state index contributed by atoms with van der Waals surface area (Å²) in [6.07, 6.45) is -0.873. The predicted octanol–water partition coefficient (Wildman–Crippen LogP) is 6.87. The van der Waals surface area contributed by atoms with Crippen LogP contribution in [0.5, 0.6) is 0 Å². The van der Waals surface area contributed by atoms with Crippen molar-refractivity contribution < 1.29 is 28.2 Å². The van der Waals surface area contributed by atoms with E-state index in [1.165, 1.54) is 15.5 Å². The molecule has 3 aromatic carbocycles. The fourth-order valence-electron chi connectivity index (χ4n) is 4.50. The Labute approximate surface area is 257 Å². The number of rotatable bonds is 8. The number of amides is 2. The van der Waals surface area contributed by atoms with Crippen LogP contribution in [0.1, 0.15) is 68.9 Å². The van der Waals surface area contributed by atoms with Crippen LogP contribution in [0.25, 0.3) is 11.0 Å². The maximum Gasteiger partial charge on any atom is 0.420 e. The fourth-order valence-corrected chi connectivity index (χ4v) is 4.50. The number of ether oxygens (including phenoxy) is 2. The van der Waals surface area contributed by atoms with Crippen molar-refractivity contribution in [1.29, 1.82) is 0 Å². The molecule has 0 bridgehead atoms. The summed E-state index contributed by atoms with van der Waals surface area (Å²) in [6, 6.07) is 20.4. The van der Waals surface area contributed by atoms with Gasteiger partial charge in [0.05, 0.1) is 11.0 Å². The summed E-state index contributed by atoms with van der Waals surface area (Å²) < 4.78 is 26.8. The minimum atomic E-state index is -0.743. The van der Waals surface area contributed by atoms with E-state index >= 15 is 0 Å².